The Balaban J connectivity index is 1.98. The van der Waals surface area contributed by atoms with Crippen molar-refractivity contribution < 1.29 is 9.18 Å². The standard InChI is InChI=1S/C14H13FN2O/c15-11-4-6-13(7-5-11)17-9-14(18)10-2-1-3-12(16)8-10/h1-8,17H,9,16H2. The molecule has 0 heterocycles. The fraction of sp³-hybridized carbons (Fsp3) is 0.0714. The molecule has 18 heavy (non-hydrogen) atoms. The van der Waals surface area contributed by atoms with Gasteiger partial charge in [0.05, 0.1) is 6.54 Å². The molecular weight excluding hydrogens is 231 g/mol. The maximum Gasteiger partial charge on any atom is 0.181 e. The summed E-state index contributed by atoms with van der Waals surface area (Å²) in [4.78, 5) is 11.8. The van der Waals surface area contributed by atoms with Gasteiger partial charge in [-0.25, -0.2) is 4.39 Å². The number of carbonyl (C=O) groups is 1. The molecule has 0 spiro atoms. The minimum Gasteiger partial charge on any atom is -0.399 e. The highest BCUT2D eigenvalue weighted by molar-refractivity contribution is 5.99. The molecule has 2 aromatic rings. The average Bonchev–Trinajstić information content (AvgIpc) is 2.38. The maximum atomic E-state index is 12.7. The number of benzene rings is 2. The zero-order chi connectivity index (χ0) is 13.0. The van der Waals surface area contributed by atoms with Gasteiger partial charge in [-0.05, 0) is 36.4 Å². The van der Waals surface area contributed by atoms with Crippen LogP contribution >= 0.6 is 0 Å². The summed E-state index contributed by atoms with van der Waals surface area (Å²) in [5.41, 5.74) is 7.43. The van der Waals surface area contributed by atoms with E-state index >= 15 is 0 Å². The Morgan fingerprint density at radius 3 is 2.56 bits per heavy atom. The Labute approximate surface area is 104 Å². The van der Waals surface area contributed by atoms with Gasteiger partial charge in [0.1, 0.15) is 5.82 Å². The first-order chi connectivity index (χ1) is 8.65. The molecule has 0 unspecified atom stereocenters. The molecule has 0 aliphatic rings. The Morgan fingerprint density at radius 2 is 1.89 bits per heavy atom. The molecule has 4 heteroatoms. The van der Waals surface area contributed by atoms with Crippen LogP contribution in [0.5, 0.6) is 0 Å². The van der Waals surface area contributed by atoms with Gasteiger partial charge < -0.3 is 11.1 Å². The molecule has 0 atom stereocenters. The minimum absolute atomic E-state index is 0.0633. The number of ketones is 1. The van der Waals surface area contributed by atoms with Crippen LogP contribution in [0.3, 0.4) is 0 Å². The first-order valence-electron chi connectivity index (χ1n) is 5.53. The quantitative estimate of drug-likeness (QED) is 0.642. The smallest absolute Gasteiger partial charge is 0.181 e. The monoisotopic (exact) mass is 244 g/mol. The average molecular weight is 244 g/mol. The van der Waals surface area contributed by atoms with Gasteiger partial charge in [0.15, 0.2) is 5.78 Å². The Morgan fingerprint density at radius 1 is 1.17 bits per heavy atom. The van der Waals surface area contributed by atoms with E-state index in [0.717, 1.165) is 0 Å². The number of carbonyl (C=O) groups excluding carboxylic acids is 1. The van der Waals surface area contributed by atoms with Crippen molar-refractivity contribution in [2.75, 3.05) is 17.6 Å². The van der Waals surface area contributed by atoms with Crippen LogP contribution in [0.4, 0.5) is 15.8 Å². The van der Waals surface area contributed by atoms with Gasteiger partial charge in [-0.1, -0.05) is 12.1 Å². The first kappa shape index (κ1) is 12.1. The van der Waals surface area contributed by atoms with Crippen molar-refractivity contribution in [2.45, 2.75) is 0 Å². The summed E-state index contributed by atoms with van der Waals surface area (Å²) in [7, 11) is 0. The summed E-state index contributed by atoms with van der Waals surface area (Å²) < 4.78 is 12.7. The lowest BCUT2D eigenvalue weighted by Gasteiger charge is -2.06. The lowest BCUT2D eigenvalue weighted by atomic mass is 10.1. The van der Waals surface area contributed by atoms with Gasteiger partial charge >= 0.3 is 0 Å². The van der Waals surface area contributed by atoms with Gasteiger partial charge in [0.2, 0.25) is 0 Å². The highest BCUT2D eigenvalue weighted by Crippen LogP contribution is 2.10. The van der Waals surface area contributed by atoms with Crippen molar-refractivity contribution in [3.63, 3.8) is 0 Å². The normalized spacial score (nSPS) is 10.1. The molecule has 0 saturated carbocycles. The van der Waals surface area contributed by atoms with Gasteiger partial charge in [-0.3, -0.25) is 4.79 Å². The molecule has 3 nitrogen and oxygen atoms in total. The fourth-order valence-electron chi connectivity index (χ4n) is 1.56. The highest BCUT2D eigenvalue weighted by Gasteiger charge is 2.05. The number of nitrogen functional groups attached to an aromatic ring is 1. The van der Waals surface area contributed by atoms with Crippen LogP contribution in [-0.4, -0.2) is 12.3 Å². The molecule has 0 amide bonds. The molecule has 0 aromatic heterocycles. The molecule has 0 aliphatic carbocycles. The zero-order valence-corrected chi connectivity index (χ0v) is 9.69. The SMILES string of the molecule is Nc1cccc(C(=O)CNc2ccc(F)cc2)c1. The van der Waals surface area contributed by atoms with Crippen LogP contribution in [0.1, 0.15) is 10.4 Å². The van der Waals surface area contributed by atoms with Crippen LogP contribution < -0.4 is 11.1 Å². The number of hydrogen-bond donors (Lipinski definition) is 2. The molecule has 2 aromatic carbocycles. The van der Waals surface area contributed by atoms with E-state index in [-0.39, 0.29) is 18.1 Å². The topological polar surface area (TPSA) is 55.1 Å². The molecule has 0 fully saturated rings. The van der Waals surface area contributed by atoms with E-state index in [4.69, 9.17) is 5.73 Å². The molecule has 2 rings (SSSR count). The van der Waals surface area contributed by atoms with Crippen molar-refractivity contribution in [1.82, 2.24) is 0 Å². The van der Waals surface area contributed by atoms with E-state index in [1.807, 2.05) is 0 Å². The number of nitrogens with two attached hydrogens (primary N) is 1. The molecule has 0 saturated heterocycles. The summed E-state index contributed by atoms with van der Waals surface area (Å²) in [6.07, 6.45) is 0. The van der Waals surface area contributed by atoms with E-state index in [2.05, 4.69) is 5.32 Å². The van der Waals surface area contributed by atoms with Crippen molar-refractivity contribution in [3.8, 4) is 0 Å². The fourth-order valence-corrected chi connectivity index (χ4v) is 1.56. The van der Waals surface area contributed by atoms with Crippen molar-refractivity contribution >= 4 is 17.2 Å². The largest absolute Gasteiger partial charge is 0.399 e. The third-order valence-corrected chi connectivity index (χ3v) is 2.51. The summed E-state index contributed by atoms with van der Waals surface area (Å²) in [5, 5.41) is 2.93. The number of anilines is 2. The minimum atomic E-state index is -0.303. The van der Waals surface area contributed by atoms with Crippen molar-refractivity contribution in [1.29, 1.82) is 0 Å². The Kier molecular flexibility index (Phi) is 3.57. The summed E-state index contributed by atoms with van der Waals surface area (Å²) in [5.74, 6) is -0.366. The molecule has 0 radical (unpaired) electrons. The van der Waals surface area contributed by atoms with Crippen LogP contribution in [0.25, 0.3) is 0 Å². The van der Waals surface area contributed by atoms with Crippen LogP contribution in [0, 0.1) is 5.82 Å². The third-order valence-electron chi connectivity index (χ3n) is 2.51. The molecular formula is C14H13FN2O. The molecule has 92 valence electrons. The predicted molar refractivity (Wildman–Crippen MR) is 70.1 cm³/mol. The zero-order valence-electron chi connectivity index (χ0n) is 9.69. The van der Waals surface area contributed by atoms with E-state index in [1.165, 1.54) is 12.1 Å². The van der Waals surface area contributed by atoms with Crippen LogP contribution in [0.15, 0.2) is 48.5 Å². The van der Waals surface area contributed by atoms with E-state index in [1.54, 1.807) is 36.4 Å². The van der Waals surface area contributed by atoms with Gasteiger partial charge in [-0.15, -0.1) is 0 Å². The van der Waals surface area contributed by atoms with E-state index in [9.17, 15) is 9.18 Å². The second kappa shape index (κ2) is 5.31. The molecule has 0 aliphatic heterocycles. The van der Waals surface area contributed by atoms with Crippen LogP contribution in [0.2, 0.25) is 0 Å². The predicted octanol–water partition coefficient (Wildman–Crippen LogP) is 2.70. The number of rotatable bonds is 4. The molecule has 3 N–H and O–H groups in total. The van der Waals surface area contributed by atoms with Crippen molar-refractivity contribution in [2.24, 2.45) is 0 Å². The Bertz CT molecular complexity index is 552. The van der Waals surface area contributed by atoms with Gasteiger partial charge in [-0.2, -0.15) is 0 Å². The highest BCUT2D eigenvalue weighted by atomic mass is 19.1. The second-order valence-corrected chi connectivity index (χ2v) is 3.91. The van der Waals surface area contributed by atoms with Gasteiger partial charge in [0.25, 0.3) is 0 Å². The Hall–Kier alpha value is -2.36. The van der Waals surface area contributed by atoms with Crippen molar-refractivity contribution in [3.05, 3.63) is 59.9 Å². The number of hydrogen-bond acceptors (Lipinski definition) is 3. The number of nitrogens with one attached hydrogen (secondary N) is 1. The van der Waals surface area contributed by atoms with Crippen LogP contribution in [-0.2, 0) is 0 Å². The second-order valence-electron chi connectivity index (χ2n) is 3.91. The number of halogens is 1. The van der Waals surface area contributed by atoms with Gasteiger partial charge in [0, 0.05) is 16.9 Å². The van der Waals surface area contributed by atoms with E-state index < -0.39 is 0 Å². The van der Waals surface area contributed by atoms with E-state index in [0.29, 0.717) is 16.9 Å². The lowest BCUT2D eigenvalue weighted by Crippen LogP contribution is -2.14. The maximum absolute atomic E-state index is 12.7. The summed E-state index contributed by atoms with van der Waals surface area (Å²) >= 11 is 0. The molecule has 0 bridgehead atoms. The summed E-state index contributed by atoms with van der Waals surface area (Å²) in [6, 6.07) is 12.7. The third kappa shape index (κ3) is 3.07. The lowest BCUT2D eigenvalue weighted by molar-refractivity contribution is 0.101. The number of Topliss-reactive ketones (excluding diaryl/α,β-unsaturated/α-hetero) is 1. The summed E-state index contributed by atoms with van der Waals surface area (Å²) in [6.45, 7) is 0.148. The first-order valence-corrected chi connectivity index (χ1v) is 5.53.